The molecule has 0 rings (SSSR count). The van der Waals surface area contributed by atoms with Gasteiger partial charge < -0.3 is 28.8 Å². The Morgan fingerprint density at radius 3 is 1.19 bits per heavy atom. The van der Waals surface area contributed by atoms with E-state index in [9.17, 15) is 19.4 Å². The highest BCUT2D eigenvalue weighted by atomic mass is 31.2. The summed E-state index contributed by atoms with van der Waals surface area (Å²) in [5.74, 6) is -0.203. The van der Waals surface area contributed by atoms with Crippen molar-refractivity contribution in [3.8, 4) is 0 Å². The van der Waals surface area contributed by atoms with Crippen molar-refractivity contribution in [1.29, 1.82) is 0 Å². The predicted octanol–water partition coefficient (Wildman–Crippen LogP) is 20.4. The van der Waals surface area contributed by atoms with Crippen molar-refractivity contribution in [2.45, 2.75) is 321 Å². The zero-order valence-electron chi connectivity index (χ0n) is 52.1. The number of hydrogen-bond acceptors (Lipinski definition) is 6. The van der Waals surface area contributed by atoms with E-state index >= 15 is 0 Å². The largest absolute Gasteiger partial charge is 0.756 e. The first-order valence-corrected chi connectivity index (χ1v) is 34.8. The molecule has 3 unspecified atom stereocenters. The van der Waals surface area contributed by atoms with Crippen LogP contribution in [0.15, 0.2) is 72.9 Å². The van der Waals surface area contributed by atoms with Gasteiger partial charge in [0, 0.05) is 6.42 Å². The van der Waals surface area contributed by atoms with Gasteiger partial charge in [0.05, 0.1) is 39.9 Å². The van der Waals surface area contributed by atoms with Crippen molar-refractivity contribution in [1.82, 2.24) is 5.32 Å². The van der Waals surface area contributed by atoms with E-state index in [1.165, 1.54) is 225 Å². The van der Waals surface area contributed by atoms with Gasteiger partial charge in [-0.2, -0.15) is 0 Å². The number of likely N-dealkylation sites (N-methyl/N-ethyl adjacent to an activating group) is 1. The summed E-state index contributed by atoms with van der Waals surface area (Å²) in [4.78, 5) is 25.6. The maximum Gasteiger partial charge on any atom is 0.268 e. The Morgan fingerprint density at radius 1 is 0.462 bits per heavy atom. The fourth-order valence-electron chi connectivity index (χ4n) is 9.75. The number of rotatable bonds is 61. The van der Waals surface area contributed by atoms with Gasteiger partial charge in [0.25, 0.3) is 7.82 Å². The Hall–Kier alpha value is -2.06. The number of quaternary nitrogens is 1. The lowest BCUT2D eigenvalue weighted by Gasteiger charge is -2.29. The Bertz CT molecular complexity index is 1500. The highest BCUT2D eigenvalue weighted by Gasteiger charge is 2.23. The number of phosphoric ester groups is 1. The van der Waals surface area contributed by atoms with Crippen LogP contribution in [-0.2, 0) is 18.4 Å². The van der Waals surface area contributed by atoms with Crippen LogP contribution in [0.2, 0.25) is 0 Å². The summed E-state index contributed by atoms with van der Waals surface area (Å²) in [6.07, 6.45) is 83.0. The van der Waals surface area contributed by atoms with Gasteiger partial charge in [-0.1, -0.05) is 305 Å². The smallest absolute Gasteiger partial charge is 0.268 e. The Balaban J connectivity index is 4.05. The maximum absolute atomic E-state index is 13.0. The number of aliphatic hydroxyl groups is 1. The number of carbonyl (C=O) groups excluding carboxylic acids is 1. The average molecular weight is 1110 g/mol. The second-order valence-corrected chi connectivity index (χ2v) is 25.2. The van der Waals surface area contributed by atoms with Crippen LogP contribution in [0.3, 0.4) is 0 Å². The van der Waals surface area contributed by atoms with E-state index in [1.54, 1.807) is 6.08 Å². The molecule has 0 bridgehead atoms. The highest BCUT2D eigenvalue weighted by Crippen LogP contribution is 2.38. The van der Waals surface area contributed by atoms with E-state index in [-0.39, 0.29) is 12.5 Å². The SMILES string of the molecule is CC/C=C\C/C=C\C/C=C\C/C=C\CCCCCCCCCCCCCCCCCCCCCCCCC(=O)NC(COP(=O)([O-])OCC[N+](C)(C)C)C(O)/C=C/CC/C=C/CCCCCCCCCCCCCCCCC. The van der Waals surface area contributed by atoms with Crippen LogP contribution in [0.5, 0.6) is 0 Å². The molecule has 0 aliphatic carbocycles. The van der Waals surface area contributed by atoms with Crippen LogP contribution in [0, 0.1) is 0 Å². The second-order valence-electron chi connectivity index (χ2n) is 23.8. The number of nitrogens with one attached hydrogen (secondary N) is 1. The normalized spacial score (nSPS) is 14.2. The van der Waals surface area contributed by atoms with Crippen LogP contribution in [0.25, 0.3) is 0 Å². The minimum Gasteiger partial charge on any atom is -0.756 e. The lowest BCUT2D eigenvalue weighted by Crippen LogP contribution is -2.45. The fourth-order valence-corrected chi connectivity index (χ4v) is 10.5. The second kappa shape index (κ2) is 59.6. The molecular weight excluding hydrogens is 984 g/mol. The molecule has 0 aromatic carbocycles. The standard InChI is InChI=1S/C69H129N2O6P/c1-6-8-10-12-14-16-18-20-22-24-26-28-29-30-31-32-33-34-35-36-37-38-39-40-41-43-45-47-49-51-53-55-57-59-61-63-69(73)70-67(66-77-78(74,75)76-65-64-71(3,4)5)68(72)62-60-58-56-54-52-50-48-46-44-42-27-25-23-21-19-17-15-13-11-9-7-2/h8,10,14,16,20,22,26,28,52,54,60,62,67-68,72H,6-7,9,11-13,15,17-19,21,23-25,27,29-51,53,55-59,61,63-66H2,1-5H3,(H-,70,73,74,75)/b10-8-,16-14-,22-20-,28-26-,54-52+,62-60+. The topological polar surface area (TPSA) is 108 Å². The van der Waals surface area contributed by atoms with E-state index in [0.717, 1.165) is 64.2 Å². The summed E-state index contributed by atoms with van der Waals surface area (Å²) < 4.78 is 23.4. The summed E-state index contributed by atoms with van der Waals surface area (Å²) in [6.45, 7) is 4.55. The highest BCUT2D eigenvalue weighted by molar-refractivity contribution is 7.45. The van der Waals surface area contributed by atoms with Gasteiger partial charge in [-0.25, -0.2) is 0 Å². The van der Waals surface area contributed by atoms with Crippen LogP contribution >= 0.6 is 7.82 Å². The molecule has 3 atom stereocenters. The molecule has 0 heterocycles. The molecular formula is C69H129N2O6P. The summed E-state index contributed by atoms with van der Waals surface area (Å²) in [5.41, 5.74) is 0. The lowest BCUT2D eigenvalue weighted by molar-refractivity contribution is -0.870. The van der Waals surface area contributed by atoms with Gasteiger partial charge in [0.15, 0.2) is 0 Å². The van der Waals surface area contributed by atoms with Gasteiger partial charge in [0.2, 0.25) is 5.91 Å². The molecule has 456 valence electrons. The maximum atomic E-state index is 13.0. The van der Waals surface area contributed by atoms with Crippen LogP contribution in [-0.4, -0.2) is 68.5 Å². The predicted molar refractivity (Wildman–Crippen MR) is 339 cm³/mol. The van der Waals surface area contributed by atoms with E-state index < -0.39 is 26.6 Å². The van der Waals surface area contributed by atoms with Crippen molar-refractivity contribution in [2.75, 3.05) is 40.9 Å². The van der Waals surface area contributed by atoms with E-state index in [2.05, 4.69) is 79.9 Å². The number of phosphoric acid groups is 1. The number of unbranched alkanes of at least 4 members (excludes halogenated alkanes) is 38. The summed E-state index contributed by atoms with van der Waals surface area (Å²) in [7, 11) is 1.25. The molecule has 0 spiro atoms. The van der Waals surface area contributed by atoms with Crippen molar-refractivity contribution in [3.05, 3.63) is 72.9 Å². The Labute approximate surface area is 484 Å². The minimum atomic E-state index is -4.61. The van der Waals surface area contributed by atoms with Gasteiger partial charge >= 0.3 is 0 Å². The molecule has 0 radical (unpaired) electrons. The van der Waals surface area contributed by atoms with Crippen LogP contribution in [0.4, 0.5) is 0 Å². The third-order valence-corrected chi connectivity index (χ3v) is 15.9. The number of aliphatic hydroxyl groups excluding tert-OH is 1. The van der Waals surface area contributed by atoms with Crippen molar-refractivity contribution in [2.24, 2.45) is 0 Å². The molecule has 1 amide bonds. The minimum absolute atomic E-state index is 0.00634. The van der Waals surface area contributed by atoms with E-state index in [4.69, 9.17) is 9.05 Å². The first-order chi connectivity index (χ1) is 38.0. The number of nitrogens with zero attached hydrogens (tertiary/aromatic N) is 1. The fraction of sp³-hybridized carbons (Fsp3) is 0.812. The quantitative estimate of drug-likeness (QED) is 0.0272. The van der Waals surface area contributed by atoms with Gasteiger partial charge in [0.1, 0.15) is 13.2 Å². The molecule has 2 N–H and O–H groups in total. The molecule has 9 heteroatoms. The molecule has 0 aromatic heterocycles. The molecule has 0 aromatic rings. The summed E-state index contributed by atoms with van der Waals surface area (Å²) in [5, 5.41) is 13.9. The number of hydrogen-bond donors (Lipinski definition) is 2. The molecule has 0 aliphatic heterocycles. The monoisotopic (exact) mass is 1110 g/mol. The summed E-state index contributed by atoms with van der Waals surface area (Å²) in [6, 6.07) is -0.905. The number of carbonyl (C=O) groups is 1. The first kappa shape index (κ1) is 75.9. The summed E-state index contributed by atoms with van der Waals surface area (Å²) >= 11 is 0. The zero-order valence-corrected chi connectivity index (χ0v) is 53.0. The third-order valence-electron chi connectivity index (χ3n) is 14.9. The Kier molecular flexibility index (Phi) is 58.0. The van der Waals surface area contributed by atoms with Crippen molar-refractivity contribution >= 4 is 13.7 Å². The van der Waals surface area contributed by atoms with Crippen LogP contribution in [0.1, 0.15) is 309 Å². The van der Waals surface area contributed by atoms with Crippen molar-refractivity contribution in [3.63, 3.8) is 0 Å². The molecule has 0 aliphatic rings. The van der Waals surface area contributed by atoms with Gasteiger partial charge in [-0.15, -0.1) is 0 Å². The first-order valence-electron chi connectivity index (χ1n) is 33.3. The average Bonchev–Trinajstić information content (AvgIpc) is 3.41. The van der Waals surface area contributed by atoms with Crippen LogP contribution < -0.4 is 10.2 Å². The number of amides is 1. The lowest BCUT2D eigenvalue weighted by atomic mass is 10.0. The molecule has 0 saturated carbocycles. The number of allylic oxidation sites excluding steroid dienone is 11. The molecule has 8 nitrogen and oxygen atoms in total. The Morgan fingerprint density at radius 2 is 0.795 bits per heavy atom. The third kappa shape index (κ3) is 61.6. The van der Waals surface area contributed by atoms with E-state index in [1.807, 2.05) is 27.2 Å². The van der Waals surface area contributed by atoms with Gasteiger partial charge in [-0.3, -0.25) is 9.36 Å². The zero-order chi connectivity index (χ0) is 57.0. The molecule has 78 heavy (non-hydrogen) atoms. The van der Waals surface area contributed by atoms with E-state index in [0.29, 0.717) is 17.4 Å². The van der Waals surface area contributed by atoms with Gasteiger partial charge in [-0.05, 0) is 70.6 Å². The molecule has 0 fully saturated rings. The molecule has 0 saturated heterocycles. The van der Waals surface area contributed by atoms with Crippen molar-refractivity contribution < 1.29 is 32.9 Å².